The third-order valence-corrected chi connectivity index (χ3v) is 4.05. The number of rotatable bonds is 2. The number of benzene rings is 1. The molecule has 0 amide bonds. The molecule has 1 saturated heterocycles. The van der Waals surface area contributed by atoms with Crippen LogP contribution in [0.5, 0.6) is 0 Å². The van der Waals surface area contributed by atoms with Gasteiger partial charge in [0.15, 0.2) is 0 Å². The number of aromatic nitrogens is 1. The third-order valence-electron chi connectivity index (χ3n) is 4.05. The highest BCUT2D eigenvalue weighted by molar-refractivity contribution is 5.85. The Bertz CT molecular complexity index is 631. The highest BCUT2D eigenvalue weighted by Gasteiger charge is 2.32. The summed E-state index contributed by atoms with van der Waals surface area (Å²) in [5.41, 5.74) is 0.420. The summed E-state index contributed by atoms with van der Waals surface area (Å²) in [6.07, 6.45) is 1.28. The van der Waals surface area contributed by atoms with Crippen molar-refractivity contribution in [1.82, 2.24) is 10.3 Å². The fourth-order valence-corrected chi connectivity index (χ4v) is 3.01. The molecule has 0 spiro atoms. The van der Waals surface area contributed by atoms with E-state index in [2.05, 4.69) is 10.3 Å². The van der Waals surface area contributed by atoms with Crippen LogP contribution in [0.4, 0.5) is 13.2 Å². The number of hydrogen-bond donors (Lipinski definition) is 1. The lowest BCUT2D eigenvalue weighted by molar-refractivity contribution is -0.136. The van der Waals surface area contributed by atoms with Gasteiger partial charge in [0, 0.05) is 17.8 Å². The second kappa shape index (κ2) is 5.64. The van der Waals surface area contributed by atoms with Gasteiger partial charge in [-0.3, -0.25) is 4.98 Å². The first-order valence-corrected chi connectivity index (χ1v) is 7.18. The Morgan fingerprint density at radius 3 is 2.81 bits per heavy atom. The van der Waals surface area contributed by atoms with Crippen molar-refractivity contribution in [3.05, 3.63) is 41.7 Å². The first kappa shape index (κ1) is 14.3. The van der Waals surface area contributed by atoms with Gasteiger partial charge in [-0.2, -0.15) is 13.2 Å². The number of halogens is 3. The van der Waals surface area contributed by atoms with Crippen molar-refractivity contribution in [2.24, 2.45) is 5.92 Å². The van der Waals surface area contributed by atoms with Crippen LogP contribution >= 0.6 is 0 Å². The summed E-state index contributed by atoms with van der Waals surface area (Å²) < 4.78 is 38.8. The molecule has 1 aliphatic heterocycles. The Hall–Kier alpha value is -1.62. The molecule has 1 fully saturated rings. The maximum Gasteiger partial charge on any atom is 0.418 e. The monoisotopic (exact) mass is 294 g/mol. The largest absolute Gasteiger partial charge is 0.418 e. The molecular formula is C16H17F3N2. The predicted octanol–water partition coefficient (Wildman–Crippen LogP) is 3.80. The molecule has 0 aliphatic carbocycles. The summed E-state index contributed by atoms with van der Waals surface area (Å²) in [5.74, 6) is 0.565. The lowest BCUT2D eigenvalue weighted by atomic mass is 9.91. The Labute approximate surface area is 121 Å². The van der Waals surface area contributed by atoms with Crippen molar-refractivity contribution in [3.8, 4) is 0 Å². The number of nitrogens with one attached hydrogen (secondary N) is 1. The lowest BCUT2D eigenvalue weighted by Crippen LogP contribution is -2.30. The zero-order valence-electron chi connectivity index (χ0n) is 11.6. The van der Waals surface area contributed by atoms with Gasteiger partial charge in [0.1, 0.15) is 0 Å². The first-order chi connectivity index (χ1) is 10.0. The Morgan fingerprint density at radius 2 is 2.10 bits per heavy atom. The molecule has 5 heteroatoms. The van der Waals surface area contributed by atoms with Crippen LogP contribution in [0.15, 0.2) is 30.6 Å². The summed E-state index contributed by atoms with van der Waals surface area (Å²) in [6.45, 7) is 2.05. The summed E-state index contributed by atoms with van der Waals surface area (Å²) in [6, 6.07) is 5.23. The summed E-state index contributed by atoms with van der Waals surface area (Å²) >= 11 is 0. The van der Waals surface area contributed by atoms with E-state index in [4.69, 9.17) is 0 Å². The van der Waals surface area contributed by atoms with E-state index >= 15 is 0 Å². The predicted molar refractivity (Wildman–Crippen MR) is 76.0 cm³/mol. The van der Waals surface area contributed by atoms with Gasteiger partial charge in [0.2, 0.25) is 0 Å². The zero-order valence-corrected chi connectivity index (χ0v) is 11.6. The number of nitrogens with zero attached hydrogens (tertiary/aromatic N) is 1. The summed E-state index contributed by atoms with van der Waals surface area (Å²) in [4.78, 5) is 3.73. The van der Waals surface area contributed by atoms with Crippen molar-refractivity contribution in [3.63, 3.8) is 0 Å². The molecule has 2 nitrogen and oxygen atoms in total. The van der Waals surface area contributed by atoms with Gasteiger partial charge >= 0.3 is 6.18 Å². The number of alkyl halides is 3. The van der Waals surface area contributed by atoms with E-state index in [1.165, 1.54) is 12.6 Å². The van der Waals surface area contributed by atoms with Crippen molar-refractivity contribution in [2.75, 3.05) is 13.1 Å². The molecule has 21 heavy (non-hydrogen) atoms. The highest BCUT2D eigenvalue weighted by Crippen LogP contribution is 2.34. The average Bonchev–Trinajstić information content (AvgIpc) is 2.46. The normalized spacial score (nSPS) is 19.9. The maximum atomic E-state index is 12.9. The van der Waals surface area contributed by atoms with E-state index in [1.54, 1.807) is 6.07 Å². The minimum atomic E-state index is -4.36. The average molecular weight is 294 g/mol. The molecule has 3 rings (SSSR count). The van der Waals surface area contributed by atoms with Crippen LogP contribution in [0.25, 0.3) is 10.8 Å². The summed E-state index contributed by atoms with van der Waals surface area (Å²) in [5, 5.41) is 4.15. The van der Waals surface area contributed by atoms with Crippen LogP contribution in [0.1, 0.15) is 24.0 Å². The molecule has 1 atom stereocenters. The fourth-order valence-electron chi connectivity index (χ4n) is 3.01. The van der Waals surface area contributed by atoms with Gasteiger partial charge in [-0.1, -0.05) is 12.1 Å². The van der Waals surface area contributed by atoms with Crippen LogP contribution in [0.3, 0.4) is 0 Å². The molecule has 1 N–H and O–H groups in total. The quantitative estimate of drug-likeness (QED) is 0.911. The molecule has 1 aromatic heterocycles. The van der Waals surface area contributed by atoms with E-state index in [0.29, 0.717) is 11.3 Å². The molecule has 0 saturated carbocycles. The summed E-state index contributed by atoms with van der Waals surface area (Å²) in [7, 11) is 0. The first-order valence-electron chi connectivity index (χ1n) is 7.18. The Morgan fingerprint density at radius 1 is 1.24 bits per heavy atom. The molecule has 0 bridgehead atoms. The van der Waals surface area contributed by atoms with Crippen LogP contribution < -0.4 is 5.32 Å². The molecule has 2 heterocycles. The van der Waals surface area contributed by atoms with Crippen LogP contribution in [-0.4, -0.2) is 18.1 Å². The molecule has 1 aliphatic rings. The van der Waals surface area contributed by atoms with E-state index < -0.39 is 11.7 Å². The third kappa shape index (κ3) is 3.18. The molecule has 112 valence electrons. The molecule has 1 unspecified atom stereocenters. The van der Waals surface area contributed by atoms with Gasteiger partial charge in [0.05, 0.1) is 5.56 Å². The smallest absolute Gasteiger partial charge is 0.316 e. The number of hydrogen-bond acceptors (Lipinski definition) is 2. The van der Waals surface area contributed by atoms with Crippen molar-refractivity contribution >= 4 is 10.8 Å². The van der Waals surface area contributed by atoms with Crippen molar-refractivity contribution < 1.29 is 13.2 Å². The van der Waals surface area contributed by atoms with E-state index in [1.807, 2.05) is 12.1 Å². The Balaban J connectivity index is 1.90. The minimum Gasteiger partial charge on any atom is -0.316 e. The van der Waals surface area contributed by atoms with Crippen LogP contribution in [-0.2, 0) is 12.6 Å². The number of piperidine rings is 1. The second-order valence-electron chi connectivity index (χ2n) is 5.66. The number of pyridine rings is 1. The van der Waals surface area contributed by atoms with Crippen LogP contribution in [0.2, 0.25) is 0 Å². The van der Waals surface area contributed by atoms with E-state index in [0.717, 1.165) is 37.7 Å². The SMILES string of the molecule is FC(F)(F)c1cncc2cc(CC3CCCNC3)ccc12. The van der Waals surface area contributed by atoms with E-state index in [9.17, 15) is 13.2 Å². The molecular weight excluding hydrogens is 277 g/mol. The zero-order chi connectivity index (χ0) is 14.9. The molecule has 1 aromatic carbocycles. The topological polar surface area (TPSA) is 24.9 Å². The molecule has 2 aromatic rings. The van der Waals surface area contributed by atoms with Crippen LogP contribution in [0, 0.1) is 5.92 Å². The number of fused-ring (bicyclic) bond motifs is 1. The van der Waals surface area contributed by atoms with Gasteiger partial charge in [-0.05, 0) is 55.3 Å². The lowest BCUT2D eigenvalue weighted by Gasteiger charge is -2.22. The fraction of sp³-hybridized carbons (Fsp3) is 0.438. The van der Waals surface area contributed by atoms with Gasteiger partial charge in [-0.25, -0.2) is 0 Å². The standard InChI is InChI=1S/C16H17F3N2/c17-16(18,19)15-10-21-9-13-7-11(3-4-14(13)15)6-12-2-1-5-20-8-12/h3-4,7,9-10,12,20H,1-2,5-6,8H2. The Kier molecular flexibility index (Phi) is 3.85. The van der Waals surface area contributed by atoms with Crippen molar-refractivity contribution in [2.45, 2.75) is 25.4 Å². The minimum absolute atomic E-state index is 0.225. The maximum absolute atomic E-state index is 12.9. The van der Waals surface area contributed by atoms with Gasteiger partial charge in [0.25, 0.3) is 0 Å². The van der Waals surface area contributed by atoms with Crippen molar-refractivity contribution in [1.29, 1.82) is 0 Å². The second-order valence-corrected chi connectivity index (χ2v) is 5.66. The van der Waals surface area contributed by atoms with Gasteiger partial charge in [-0.15, -0.1) is 0 Å². The van der Waals surface area contributed by atoms with Gasteiger partial charge < -0.3 is 5.32 Å². The van der Waals surface area contributed by atoms with E-state index in [-0.39, 0.29) is 5.39 Å². The molecule has 0 radical (unpaired) electrons. The highest BCUT2D eigenvalue weighted by atomic mass is 19.4.